The van der Waals surface area contributed by atoms with Gasteiger partial charge in [-0.2, -0.15) is 5.10 Å². The summed E-state index contributed by atoms with van der Waals surface area (Å²) in [6.45, 7) is 2.00. The molecule has 0 saturated carbocycles. The lowest BCUT2D eigenvalue weighted by Gasteiger charge is -2.23. The molecule has 1 aliphatic rings. The highest BCUT2D eigenvalue weighted by Crippen LogP contribution is 2.38. The number of benzene rings is 2. The fourth-order valence-electron chi connectivity index (χ4n) is 3.14. The van der Waals surface area contributed by atoms with Crippen LogP contribution in [0.4, 0.5) is 5.82 Å². The van der Waals surface area contributed by atoms with E-state index in [2.05, 4.69) is 45.8 Å². The number of amides is 1. The molecular weight excluding hydrogens is 262 g/mol. The minimum atomic E-state index is 0.0205. The molecule has 0 fully saturated rings. The monoisotopic (exact) mass is 277 g/mol. The number of aryl methyl sites for hydroxylation is 1. The number of hydrogen-bond donors (Lipinski definition) is 2. The molecule has 4 rings (SSSR count). The van der Waals surface area contributed by atoms with Gasteiger partial charge in [0.05, 0.1) is 0 Å². The van der Waals surface area contributed by atoms with Crippen LogP contribution in [0.25, 0.3) is 10.8 Å². The maximum atomic E-state index is 11.9. The Bertz CT molecular complexity index is 850. The van der Waals surface area contributed by atoms with Gasteiger partial charge in [-0.15, -0.1) is 0 Å². The molecule has 0 bridgehead atoms. The van der Waals surface area contributed by atoms with Crippen molar-refractivity contribution in [3.63, 3.8) is 0 Å². The van der Waals surface area contributed by atoms with Crippen molar-refractivity contribution in [1.29, 1.82) is 0 Å². The van der Waals surface area contributed by atoms with Crippen molar-refractivity contribution < 1.29 is 4.79 Å². The SMILES string of the molecule is Cc1[nH]nc2c1[C@H](c1ccc3ccccc3c1)CC(=O)N2. The quantitative estimate of drug-likeness (QED) is 0.716. The van der Waals surface area contributed by atoms with Gasteiger partial charge < -0.3 is 5.32 Å². The van der Waals surface area contributed by atoms with Crippen molar-refractivity contribution in [2.75, 3.05) is 5.32 Å². The highest BCUT2D eigenvalue weighted by molar-refractivity contribution is 5.94. The zero-order valence-electron chi connectivity index (χ0n) is 11.7. The number of aromatic amines is 1. The third-order valence-corrected chi connectivity index (χ3v) is 4.17. The Labute approximate surface area is 122 Å². The third kappa shape index (κ3) is 1.91. The molecule has 1 atom stereocenters. The number of rotatable bonds is 1. The third-order valence-electron chi connectivity index (χ3n) is 4.17. The Morgan fingerprint density at radius 3 is 2.81 bits per heavy atom. The summed E-state index contributed by atoms with van der Waals surface area (Å²) in [6.07, 6.45) is 0.464. The summed E-state index contributed by atoms with van der Waals surface area (Å²) in [6, 6.07) is 14.7. The Kier molecular flexibility index (Phi) is 2.57. The summed E-state index contributed by atoms with van der Waals surface area (Å²) < 4.78 is 0. The van der Waals surface area contributed by atoms with Crippen molar-refractivity contribution in [2.45, 2.75) is 19.3 Å². The highest BCUT2D eigenvalue weighted by Gasteiger charge is 2.30. The molecule has 21 heavy (non-hydrogen) atoms. The van der Waals surface area contributed by atoms with E-state index in [-0.39, 0.29) is 11.8 Å². The fraction of sp³-hybridized carbons (Fsp3) is 0.176. The standard InChI is InChI=1S/C17H15N3O/c1-10-16-14(9-15(21)18-17(16)20-19-10)13-7-6-11-4-2-3-5-12(11)8-13/h2-8,14H,9H2,1H3,(H2,18,19,20,21)/t14-/m0/s1. The molecule has 2 N–H and O–H groups in total. The van der Waals surface area contributed by atoms with Crippen LogP contribution in [-0.2, 0) is 4.79 Å². The topological polar surface area (TPSA) is 57.8 Å². The van der Waals surface area contributed by atoms with Gasteiger partial charge in [-0.3, -0.25) is 9.89 Å². The van der Waals surface area contributed by atoms with Crippen LogP contribution in [0.3, 0.4) is 0 Å². The van der Waals surface area contributed by atoms with E-state index < -0.39 is 0 Å². The maximum absolute atomic E-state index is 11.9. The predicted molar refractivity (Wildman–Crippen MR) is 82.4 cm³/mol. The van der Waals surface area contributed by atoms with Gasteiger partial charge in [0, 0.05) is 23.6 Å². The smallest absolute Gasteiger partial charge is 0.226 e. The van der Waals surface area contributed by atoms with E-state index in [9.17, 15) is 4.79 Å². The average Bonchev–Trinajstić information content (AvgIpc) is 2.87. The van der Waals surface area contributed by atoms with Gasteiger partial charge in [-0.1, -0.05) is 42.5 Å². The lowest BCUT2D eigenvalue weighted by Crippen LogP contribution is -2.23. The first-order chi connectivity index (χ1) is 10.2. The molecule has 4 heteroatoms. The fourth-order valence-corrected chi connectivity index (χ4v) is 3.14. The molecule has 104 valence electrons. The average molecular weight is 277 g/mol. The van der Waals surface area contributed by atoms with Gasteiger partial charge >= 0.3 is 0 Å². The van der Waals surface area contributed by atoms with Gasteiger partial charge in [0.2, 0.25) is 5.91 Å². The number of hydrogen-bond acceptors (Lipinski definition) is 2. The molecule has 2 aromatic carbocycles. The minimum absolute atomic E-state index is 0.0205. The van der Waals surface area contributed by atoms with Gasteiger partial charge in [0.25, 0.3) is 0 Å². The van der Waals surface area contributed by atoms with Gasteiger partial charge in [-0.25, -0.2) is 0 Å². The second-order valence-electron chi connectivity index (χ2n) is 5.52. The number of anilines is 1. The van der Waals surface area contributed by atoms with Crippen LogP contribution < -0.4 is 5.32 Å². The van der Waals surface area contributed by atoms with Crippen molar-refractivity contribution in [3.05, 3.63) is 59.3 Å². The van der Waals surface area contributed by atoms with E-state index in [0.29, 0.717) is 12.2 Å². The number of nitrogens with zero attached hydrogens (tertiary/aromatic N) is 1. The molecule has 1 aliphatic heterocycles. The summed E-state index contributed by atoms with van der Waals surface area (Å²) in [5.41, 5.74) is 3.28. The van der Waals surface area contributed by atoms with Crippen molar-refractivity contribution in [2.24, 2.45) is 0 Å². The van der Waals surface area contributed by atoms with Crippen molar-refractivity contribution in [3.8, 4) is 0 Å². The molecule has 4 nitrogen and oxygen atoms in total. The molecule has 1 aromatic heterocycles. The van der Waals surface area contributed by atoms with Crippen LogP contribution in [0.1, 0.15) is 29.2 Å². The first kappa shape index (κ1) is 12.1. The van der Waals surface area contributed by atoms with E-state index >= 15 is 0 Å². The number of carbonyl (C=O) groups is 1. The molecular formula is C17H15N3O. The summed E-state index contributed by atoms with van der Waals surface area (Å²) in [5.74, 6) is 0.756. The van der Waals surface area contributed by atoms with Gasteiger partial charge in [0.15, 0.2) is 5.82 Å². The summed E-state index contributed by atoms with van der Waals surface area (Å²) in [7, 11) is 0. The first-order valence-corrected chi connectivity index (χ1v) is 7.06. The van der Waals surface area contributed by atoms with Gasteiger partial charge in [-0.05, 0) is 23.3 Å². The molecule has 0 spiro atoms. The van der Waals surface area contributed by atoms with Crippen LogP contribution in [-0.4, -0.2) is 16.1 Å². The maximum Gasteiger partial charge on any atom is 0.226 e. The number of carbonyl (C=O) groups excluding carboxylic acids is 1. The second kappa shape index (κ2) is 4.45. The first-order valence-electron chi connectivity index (χ1n) is 7.06. The molecule has 0 unspecified atom stereocenters. The minimum Gasteiger partial charge on any atom is -0.309 e. The molecule has 1 amide bonds. The lowest BCUT2D eigenvalue weighted by molar-refractivity contribution is -0.116. The summed E-state index contributed by atoms with van der Waals surface area (Å²) in [4.78, 5) is 11.9. The number of H-pyrrole nitrogens is 1. The zero-order valence-corrected chi connectivity index (χ0v) is 11.7. The largest absolute Gasteiger partial charge is 0.309 e. The van der Waals surface area contributed by atoms with Crippen molar-refractivity contribution in [1.82, 2.24) is 10.2 Å². The van der Waals surface area contributed by atoms with E-state index in [1.807, 2.05) is 19.1 Å². The predicted octanol–water partition coefficient (Wildman–Crippen LogP) is 3.35. The van der Waals surface area contributed by atoms with Crippen LogP contribution in [0.2, 0.25) is 0 Å². The Morgan fingerprint density at radius 1 is 1.14 bits per heavy atom. The number of fused-ring (bicyclic) bond motifs is 2. The molecule has 2 heterocycles. The van der Waals surface area contributed by atoms with Crippen molar-refractivity contribution >= 4 is 22.5 Å². The molecule has 3 aromatic rings. The summed E-state index contributed by atoms with van der Waals surface area (Å²) >= 11 is 0. The lowest BCUT2D eigenvalue weighted by atomic mass is 9.85. The normalized spacial score (nSPS) is 17.6. The molecule has 0 aliphatic carbocycles. The van der Waals surface area contributed by atoms with E-state index in [0.717, 1.165) is 16.8 Å². The van der Waals surface area contributed by atoms with Crippen LogP contribution in [0.15, 0.2) is 42.5 Å². The van der Waals surface area contributed by atoms with E-state index in [1.165, 1.54) is 10.8 Å². The van der Waals surface area contributed by atoms with E-state index in [4.69, 9.17) is 0 Å². The van der Waals surface area contributed by atoms with Crippen LogP contribution in [0.5, 0.6) is 0 Å². The van der Waals surface area contributed by atoms with Crippen LogP contribution in [0, 0.1) is 6.92 Å². The Hall–Kier alpha value is -2.62. The van der Waals surface area contributed by atoms with Crippen LogP contribution >= 0.6 is 0 Å². The van der Waals surface area contributed by atoms with E-state index in [1.54, 1.807) is 0 Å². The molecule has 0 saturated heterocycles. The molecule has 0 radical (unpaired) electrons. The second-order valence-corrected chi connectivity index (χ2v) is 5.52. The summed E-state index contributed by atoms with van der Waals surface area (Å²) in [5, 5.41) is 12.4. The van der Waals surface area contributed by atoms with Gasteiger partial charge in [0.1, 0.15) is 0 Å². The Balaban J connectivity index is 1.88. The number of nitrogens with one attached hydrogen (secondary N) is 2. The number of aromatic nitrogens is 2. The highest BCUT2D eigenvalue weighted by atomic mass is 16.1. The zero-order chi connectivity index (χ0) is 14.4. The Morgan fingerprint density at radius 2 is 1.95 bits per heavy atom.